The van der Waals surface area contributed by atoms with Crippen LogP contribution in [-0.2, 0) is 13.6 Å². The molecule has 2 aromatic carbocycles. The molecule has 134 valence electrons. The molecule has 0 unspecified atom stereocenters. The Balaban J connectivity index is 1.53. The van der Waals surface area contributed by atoms with Gasteiger partial charge in [-0.05, 0) is 37.1 Å². The summed E-state index contributed by atoms with van der Waals surface area (Å²) in [5.74, 6) is 0.362. The summed E-state index contributed by atoms with van der Waals surface area (Å²) in [4.78, 5) is 15.6. The number of aromatic nitrogens is 2. The smallest absolute Gasteiger partial charge is 0.167 e. The third-order valence-corrected chi connectivity index (χ3v) is 5.44. The Kier molecular flexibility index (Phi) is 4.60. The second-order valence-electron chi connectivity index (χ2n) is 7.38. The fourth-order valence-electron chi connectivity index (χ4n) is 4.12. The van der Waals surface area contributed by atoms with E-state index in [1.807, 2.05) is 36.0 Å². The van der Waals surface area contributed by atoms with E-state index in [0.717, 1.165) is 54.5 Å². The predicted octanol–water partition coefficient (Wildman–Crippen LogP) is 3.98. The Labute approximate surface area is 154 Å². The van der Waals surface area contributed by atoms with Gasteiger partial charge >= 0.3 is 0 Å². The first kappa shape index (κ1) is 17.0. The number of nitrogens with zero attached hydrogens (tertiary/aromatic N) is 3. The standard InChI is InChI=1S/C22H25N3O/c1-16-19(13-24(2)23-16)15-25-12-6-9-18(14-25)22(26)21-11-5-8-17-7-3-4-10-20(17)21/h3-5,7-8,10-11,13,18H,6,9,12,14-15H2,1-2H3/t18-/m1/s1. The monoisotopic (exact) mass is 347 g/mol. The Bertz CT molecular complexity index is 938. The Hall–Kier alpha value is -2.46. The van der Waals surface area contributed by atoms with E-state index in [2.05, 4.69) is 41.3 Å². The van der Waals surface area contributed by atoms with Gasteiger partial charge < -0.3 is 0 Å². The van der Waals surface area contributed by atoms with Crippen molar-refractivity contribution in [3.8, 4) is 0 Å². The van der Waals surface area contributed by atoms with Gasteiger partial charge in [0.05, 0.1) is 5.69 Å². The van der Waals surface area contributed by atoms with Crippen LogP contribution in [0.4, 0.5) is 0 Å². The summed E-state index contributed by atoms with van der Waals surface area (Å²) >= 11 is 0. The lowest BCUT2D eigenvalue weighted by atomic mass is 9.88. The van der Waals surface area contributed by atoms with Crippen LogP contribution in [-0.4, -0.2) is 33.6 Å². The van der Waals surface area contributed by atoms with Crippen molar-refractivity contribution in [2.24, 2.45) is 13.0 Å². The number of Topliss-reactive ketones (excluding diaryl/α,β-unsaturated/α-hetero) is 1. The quantitative estimate of drug-likeness (QED) is 0.670. The van der Waals surface area contributed by atoms with E-state index in [1.54, 1.807) is 0 Å². The average Bonchev–Trinajstić information content (AvgIpc) is 2.98. The molecule has 0 bridgehead atoms. The summed E-state index contributed by atoms with van der Waals surface area (Å²) in [6, 6.07) is 14.2. The first-order chi connectivity index (χ1) is 12.6. The number of carbonyl (C=O) groups is 1. The maximum atomic E-state index is 13.2. The minimum Gasteiger partial charge on any atom is -0.298 e. The molecule has 4 nitrogen and oxygen atoms in total. The third-order valence-electron chi connectivity index (χ3n) is 5.44. The maximum Gasteiger partial charge on any atom is 0.167 e. The highest BCUT2D eigenvalue weighted by atomic mass is 16.1. The highest BCUT2D eigenvalue weighted by Gasteiger charge is 2.27. The van der Waals surface area contributed by atoms with Gasteiger partial charge in [0.25, 0.3) is 0 Å². The van der Waals surface area contributed by atoms with E-state index < -0.39 is 0 Å². The summed E-state index contributed by atoms with van der Waals surface area (Å²) in [5, 5.41) is 6.64. The molecule has 1 aliphatic rings. The van der Waals surface area contributed by atoms with Gasteiger partial charge in [-0.25, -0.2) is 0 Å². The molecule has 0 aliphatic carbocycles. The van der Waals surface area contributed by atoms with Crippen LogP contribution < -0.4 is 0 Å². The third kappa shape index (κ3) is 3.29. The van der Waals surface area contributed by atoms with Crippen molar-refractivity contribution in [2.75, 3.05) is 13.1 Å². The molecule has 0 N–H and O–H groups in total. The number of aryl methyl sites for hydroxylation is 2. The minimum absolute atomic E-state index is 0.0755. The zero-order valence-electron chi connectivity index (χ0n) is 15.5. The lowest BCUT2D eigenvalue weighted by molar-refractivity contribution is 0.0813. The molecule has 1 fully saturated rings. The number of likely N-dealkylation sites (tertiary alicyclic amines) is 1. The Morgan fingerprint density at radius 3 is 2.81 bits per heavy atom. The Morgan fingerprint density at radius 2 is 2.00 bits per heavy atom. The van der Waals surface area contributed by atoms with Crippen LogP contribution in [0.5, 0.6) is 0 Å². The number of fused-ring (bicyclic) bond motifs is 1. The van der Waals surface area contributed by atoms with Gasteiger partial charge in [0.1, 0.15) is 0 Å². The first-order valence-corrected chi connectivity index (χ1v) is 9.35. The molecule has 0 saturated carbocycles. The van der Waals surface area contributed by atoms with Crippen molar-refractivity contribution < 1.29 is 4.79 Å². The number of benzene rings is 2. The highest BCUT2D eigenvalue weighted by molar-refractivity contribution is 6.09. The number of hydrogen-bond donors (Lipinski definition) is 0. The van der Waals surface area contributed by atoms with E-state index in [0.29, 0.717) is 0 Å². The molecule has 4 rings (SSSR count). The molecule has 4 heteroatoms. The summed E-state index contributed by atoms with van der Waals surface area (Å²) in [5.41, 5.74) is 3.20. The summed E-state index contributed by atoms with van der Waals surface area (Å²) in [6.45, 7) is 4.81. The van der Waals surface area contributed by atoms with Crippen LogP contribution in [0.3, 0.4) is 0 Å². The Morgan fingerprint density at radius 1 is 1.19 bits per heavy atom. The van der Waals surface area contributed by atoms with Crippen LogP contribution in [0.2, 0.25) is 0 Å². The van der Waals surface area contributed by atoms with E-state index in [1.165, 1.54) is 5.56 Å². The van der Waals surface area contributed by atoms with Gasteiger partial charge in [-0.15, -0.1) is 0 Å². The van der Waals surface area contributed by atoms with Gasteiger partial charge in [-0.1, -0.05) is 42.5 Å². The van der Waals surface area contributed by atoms with Gasteiger partial charge in [0.15, 0.2) is 5.78 Å². The van der Waals surface area contributed by atoms with E-state index in [4.69, 9.17) is 0 Å². The summed E-state index contributed by atoms with van der Waals surface area (Å²) in [6.07, 6.45) is 4.14. The van der Waals surface area contributed by atoms with Crippen LogP contribution in [0, 0.1) is 12.8 Å². The molecule has 0 amide bonds. The predicted molar refractivity (Wildman–Crippen MR) is 104 cm³/mol. The second-order valence-corrected chi connectivity index (χ2v) is 7.38. The normalized spacial score (nSPS) is 18.3. The topological polar surface area (TPSA) is 38.1 Å². The lowest BCUT2D eigenvalue weighted by Crippen LogP contribution is -2.38. The molecule has 1 atom stereocenters. The SMILES string of the molecule is Cc1nn(C)cc1CN1CCC[C@@H](C(=O)c2cccc3ccccc23)C1. The molecule has 1 saturated heterocycles. The van der Waals surface area contributed by atoms with Crippen LogP contribution in [0.25, 0.3) is 10.8 Å². The molecule has 26 heavy (non-hydrogen) atoms. The zero-order valence-corrected chi connectivity index (χ0v) is 15.5. The maximum absolute atomic E-state index is 13.2. The van der Waals surface area contributed by atoms with E-state index in [-0.39, 0.29) is 11.7 Å². The average molecular weight is 347 g/mol. The molecular formula is C22H25N3O. The van der Waals surface area contributed by atoms with Crippen molar-refractivity contribution >= 4 is 16.6 Å². The minimum atomic E-state index is 0.0755. The van der Waals surface area contributed by atoms with Crippen LogP contribution in [0.1, 0.15) is 34.5 Å². The molecule has 1 aliphatic heterocycles. The molecule has 1 aromatic heterocycles. The van der Waals surface area contributed by atoms with Crippen molar-refractivity contribution in [3.05, 3.63) is 65.5 Å². The lowest BCUT2D eigenvalue weighted by Gasteiger charge is -2.32. The highest BCUT2D eigenvalue weighted by Crippen LogP contribution is 2.26. The number of carbonyl (C=O) groups excluding carboxylic acids is 1. The van der Waals surface area contributed by atoms with Crippen molar-refractivity contribution in [1.82, 2.24) is 14.7 Å². The number of rotatable bonds is 4. The van der Waals surface area contributed by atoms with E-state index in [9.17, 15) is 4.79 Å². The molecule has 0 spiro atoms. The summed E-state index contributed by atoms with van der Waals surface area (Å²) < 4.78 is 1.87. The molecule has 3 aromatic rings. The summed E-state index contributed by atoms with van der Waals surface area (Å²) in [7, 11) is 1.96. The molecule has 0 radical (unpaired) electrons. The van der Waals surface area contributed by atoms with E-state index >= 15 is 0 Å². The number of hydrogen-bond acceptors (Lipinski definition) is 3. The van der Waals surface area contributed by atoms with Gasteiger partial charge in [-0.2, -0.15) is 5.10 Å². The van der Waals surface area contributed by atoms with Gasteiger partial charge in [0, 0.05) is 43.4 Å². The van der Waals surface area contributed by atoms with Gasteiger partial charge in [-0.3, -0.25) is 14.4 Å². The second kappa shape index (κ2) is 7.04. The zero-order chi connectivity index (χ0) is 18.1. The number of ketones is 1. The van der Waals surface area contributed by atoms with Crippen LogP contribution >= 0.6 is 0 Å². The first-order valence-electron chi connectivity index (χ1n) is 9.35. The van der Waals surface area contributed by atoms with Crippen LogP contribution in [0.15, 0.2) is 48.7 Å². The largest absolute Gasteiger partial charge is 0.298 e. The van der Waals surface area contributed by atoms with Crippen molar-refractivity contribution in [3.63, 3.8) is 0 Å². The van der Waals surface area contributed by atoms with Crippen molar-refractivity contribution in [2.45, 2.75) is 26.3 Å². The van der Waals surface area contributed by atoms with Gasteiger partial charge in [0.2, 0.25) is 0 Å². The fraction of sp³-hybridized carbons (Fsp3) is 0.364. The van der Waals surface area contributed by atoms with Crippen molar-refractivity contribution in [1.29, 1.82) is 0 Å². The molecular weight excluding hydrogens is 322 g/mol. The molecule has 2 heterocycles. The fourth-order valence-corrected chi connectivity index (χ4v) is 4.12. The number of piperidine rings is 1.